The maximum Gasteiger partial charge on any atom is 0.271 e. The molecule has 1 aliphatic heterocycles. The summed E-state index contributed by atoms with van der Waals surface area (Å²) in [5, 5.41) is 19.8. The highest BCUT2D eigenvalue weighted by Gasteiger charge is 2.34. The van der Waals surface area contributed by atoms with Crippen LogP contribution in [0.4, 0.5) is 11.4 Å². The number of hydrazine groups is 1. The van der Waals surface area contributed by atoms with Gasteiger partial charge in [0, 0.05) is 31.8 Å². The molecule has 2 rings (SSSR count). The first-order valence-electron chi connectivity index (χ1n) is 6.26. The molecule has 0 aromatic heterocycles. The van der Waals surface area contributed by atoms with E-state index in [1.165, 1.54) is 4.31 Å². The minimum Gasteiger partial charge on any atom is -0.396 e. The van der Waals surface area contributed by atoms with E-state index in [1.54, 1.807) is 0 Å². The Bertz CT molecular complexity index is 648. The number of nitro groups is 1. The standard InChI is InChI=1S/C11H16N4O5S/c12-13-10-5-9(15(17)18)1-2-11(10)21(19,20)14-4-3-8(6-14)7-16/h1-2,5,8,13,16H,3-4,6-7,12H2. The maximum absolute atomic E-state index is 12.5. The Hall–Kier alpha value is -1.75. The topological polar surface area (TPSA) is 139 Å². The number of anilines is 1. The van der Waals surface area contributed by atoms with Gasteiger partial charge in [-0.3, -0.25) is 16.0 Å². The molecule has 0 bridgehead atoms. The Balaban J connectivity index is 2.38. The number of benzene rings is 1. The fourth-order valence-electron chi connectivity index (χ4n) is 2.27. The lowest BCUT2D eigenvalue weighted by atomic mass is 10.1. The van der Waals surface area contributed by atoms with E-state index in [4.69, 9.17) is 10.9 Å². The van der Waals surface area contributed by atoms with Gasteiger partial charge in [-0.05, 0) is 18.4 Å². The van der Waals surface area contributed by atoms with Crippen LogP contribution < -0.4 is 11.3 Å². The van der Waals surface area contributed by atoms with Gasteiger partial charge in [0.15, 0.2) is 0 Å². The summed E-state index contributed by atoms with van der Waals surface area (Å²) in [5.74, 6) is 5.18. The third kappa shape index (κ3) is 2.97. The minimum atomic E-state index is -3.81. The Labute approximate surface area is 121 Å². The highest BCUT2D eigenvalue weighted by Crippen LogP contribution is 2.30. The number of hydrogen-bond donors (Lipinski definition) is 3. The molecule has 1 unspecified atom stereocenters. The molecule has 1 aliphatic rings. The van der Waals surface area contributed by atoms with E-state index < -0.39 is 14.9 Å². The van der Waals surface area contributed by atoms with Crippen molar-refractivity contribution < 1.29 is 18.4 Å². The molecule has 0 amide bonds. The molecular formula is C11H16N4O5S. The fourth-order valence-corrected chi connectivity index (χ4v) is 3.94. The second-order valence-electron chi connectivity index (χ2n) is 4.78. The normalized spacial score (nSPS) is 19.6. The van der Waals surface area contributed by atoms with Gasteiger partial charge in [0.2, 0.25) is 10.0 Å². The zero-order chi connectivity index (χ0) is 15.6. The molecule has 0 radical (unpaired) electrons. The van der Waals surface area contributed by atoms with E-state index >= 15 is 0 Å². The van der Waals surface area contributed by atoms with Crippen LogP contribution >= 0.6 is 0 Å². The number of nitrogen functional groups attached to an aromatic ring is 1. The number of nitro benzene ring substituents is 1. The van der Waals surface area contributed by atoms with Crippen molar-refractivity contribution >= 4 is 21.4 Å². The van der Waals surface area contributed by atoms with Gasteiger partial charge < -0.3 is 10.5 Å². The number of nitrogens with zero attached hydrogens (tertiary/aromatic N) is 2. The predicted molar refractivity (Wildman–Crippen MR) is 74.9 cm³/mol. The van der Waals surface area contributed by atoms with Crippen LogP contribution in [-0.2, 0) is 10.0 Å². The largest absolute Gasteiger partial charge is 0.396 e. The van der Waals surface area contributed by atoms with Gasteiger partial charge in [0.1, 0.15) is 4.90 Å². The molecule has 116 valence electrons. The number of sulfonamides is 1. The summed E-state index contributed by atoms with van der Waals surface area (Å²) in [4.78, 5) is 9.97. The Morgan fingerprint density at radius 3 is 2.76 bits per heavy atom. The van der Waals surface area contributed by atoms with Crippen molar-refractivity contribution in [3.63, 3.8) is 0 Å². The van der Waals surface area contributed by atoms with Crippen molar-refractivity contribution in [1.82, 2.24) is 4.31 Å². The maximum atomic E-state index is 12.5. The molecular weight excluding hydrogens is 300 g/mol. The molecule has 21 heavy (non-hydrogen) atoms. The van der Waals surface area contributed by atoms with Crippen LogP contribution in [0.3, 0.4) is 0 Å². The molecule has 1 fully saturated rings. The SMILES string of the molecule is NNc1cc([N+](=O)[O-])ccc1S(=O)(=O)N1CCC(CO)C1. The summed E-state index contributed by atoms with van der Waals surface area (Å²) in [6, 6.07) is 3.36. The highest BCUT2D eigenvalue weighted by molar-refractivity contribution is 7.89. The van der Waals surface area contributed by atoms with Crippen molar-refractivity contribution in [1.29, 1.82) is 0 Å². The average Bonchev–Trinajstić information content (AvgIpc) is 2.96. The zero-order valence-corrected chi connectivity index (χ0v) is 11.9. The van der Waals surface area contributed by atoms with Crippen molar-refractivity contribution in [3.05, 3.63) is 28.3 Å². The molecule has 0 spiro atoms. The third-order valence-electron chi connectivity index (χ3n) is 3.45. The lowest BCUT2D eigenvalue weighted by Gasteiger charge is -2.18. The second kappa shape index (κ2) is 5.93. The molecule has 1 heterocycles. The van der Waals surface area contributed by atoms with Gasteiger partial charge in [-0.15, -0.1) is 0 Å². The van der Waals surface area contributed by atoms with Crippen LogP contribution in [0.2, 0.25) is 0 Å². The van der Waals surface area contributed by atoms with Crippen LogP contribution in [0.25, 0.3) is 0 Å². The highest BCUT2D eigenvalue weighted by atomic mass is 32.2. The molecule has 1 aromatic carbocycles. The van der Waals surface area contributed by atoms with E-state index in [2.05, 4.69) is 5.43 Å². The summed E-state index contributed by atoms with van der Waals surface area (Å²) in [6.45, 7) is 0.447. The van der Waals surface area contributed by atoms with E-state index in [9.17, 15) is 18.5 Å². The lowest BCUT2D eigenvalue weighted by molar-refractivity contribution is -0.384. The number of rotatable bonds is 5. The second-order valence-corrected chi connectivity index (χ2v) is 6.69. The number of aliphatic hydroxyl groups excluding tert-OH is 1. The minimum absolute atomic E-state index is 0.0309. The molecule has 1 aromatic rings. The van der Waals surface area contributed by atoms with Gasteiger partial charge in [-0.1, -0.05) is 0 Å². The van der Waals surface area contributed by atoms with Crippen LogP contribution in [0.1, 0.15) is 6.42 Å². The third-order valence-corrected chi connectivity index (χ3v) is 5.38. The van der Waals surface area contributed by atoms with Crippen molar-refractivity contribution in [2.24, 2.45) is 11.8 Å². The molecule has 10 heteroatoms. The van der Waals surface area contributed by atoms with Crippen LogP contribution in [0, 0.1) is 16.0 Å². The zero-order valence-electron chi connectivity index (χ0n) is 11.1. The number of hydrogen-bond acceptors (Lipinski definition) is 7. The smallest absolute Gasteiger partial charge is 0.271 e. The van der Waals surface area contributed by atoms with Crippen LogP contribution in [-0.4, -0.2) is 42.4 Å². The van der Waals surface area contributed by atoms with Gasteiger partial charge >= 0.3 is 0 Å². The molecule has 0 aliphatic carbocycles. The number of nitrogens with two attached hydrogens (primary N) is 1. The quantitative estimate of drug-likeness (QED) is 0.391. The molecule has 4 N–H and O–H groups in total. The Morgan fingerprint density at radius 1 is 1.52 bits per heavy atom. The lowest BCUT2D eigenvalue weighted by Crippen LogP contribution is -2.30. The summed E-state index contributed by atoms with van der Waals surface area (Å²) >= 11 is 0. The van der Waals surface area contributed by atoms with E-state index in [0.717, 1.165) is 18.2 Å². The molecule has 1 saturated heterocycles. The molecule has 1 atom stereocenters. The summed E-state index contributed by atoms with van der Waals surface area (Å²) in [6.07, 6.45) is 0.577. The van der Waals surface area contributed by atoms with Crippen LogP contribution in [0.5, 0.6) is 0 Å². The Kier molecular flexibility index (Phi) is 4.42. The van der Waals surface area contributed by atoms with Gasteiger partial charge in [0.05, 0.1) is 10.6 Å². The van der Waals surface area contributed by atoms with Gasteiger partial charge in [-0.25, -0.2) is 8.42 Å². The monoisotopic (exact) mass is 316 g/mol. The van der Waals surface area contributed by atoms with Crippen molar-refractivity contribution in [3.8, 4) is 0 Å². The first-order valence-corrected chi connectivity index (χ1v) is 7.70. The Morgan fingerprint density at radius 2 is 2.24 bits per heavy atom. The van der Waals surface area contributed by atoms with Crippen molar-refractivity contribution in [2.75, 3.05) is 25.1 Å². The van der Waals surface area contributed by atoms with Gasteiger partial charge in [-0.2, -0.15) is 4.31 Å². The van der Waals surface area contributed by atoms with E-state index in [1.807, 2.05) is 0 Å². The first-order chi connectivity index (χ1) is 9.90. The molecule has 9 nitrogen and oxygen atoms in total. The van der Waals surface area contributed by atoms with Crippen LogP contribution in [0.15, 0.2) is 23.1 Å². The summed E-state index contributed by atoms with van der Waals surface area (Å²) in [5.41, 5.74) is 1.90. The number of aliphatic hydroxyl groups is 1. The number of non-ortho nitro benzene ring substituents is 1. The van der Waals surface area contributed by atoms with Gasteiger partial charge in [0.25, 0.3) is 5.69 Å². The van der Waals surface area contributed by atoms with E-state index in [0.29, 0.717) is 13.0 Å². The van der Waals surface area contributed by atoms with E-state index in [-0.39, 0.29) is 35.3 Å². The van der Waals surface area contributed by atoms with Crippen molar-refractivity contribution in [2.45, 2.75) is 11.3 Å². The first kappa shape index (κ1) is 15.6. The summed E-state index contributed by atoms with van der Waals surface area (Å²) in [7, 11) is -3.81. The predicted octanol–water partition coefficient (Wildman–Crippen LogP) is -0.117. The number of nitrogens with one attached hydrogen (secondary N) is 1. The molecule has 0 saturated carbocycles. The fraction of sp³-hybridized carbons (Fsp3) is 0.455. The average molecular weight is 316 g/mol. The summed E-state index contributed by atoms with van der Waals surface area (Å²) < 4.78 is 26.3.